The van der Waals surface area contributed by atoms with E-state index >= 15 is 0 Å². The molecule has 0 saturated heterocycles. The fraction of sp³-hybridized carbons (Fsp3) is 0.786. The molecule has 1 N–H and O–H groups in total. The summed E-state index contributed by atoms with van der Waals surface area (Å²) in [6.45, 7) is 0. The third-order valence-electron chi connectivity index (χ3n) is 5.79. The molecule has 0 radical (unpaired) electrons. The highest BCUT2D eigenvalue weighted by atomic mass is 79.9. The van der Waals surface area contributed by atoms with Gasteiger partial charge in [-0.05, 0) is 65.3 Å². The first-order chi connectivity index (χ1) is 8.61. The zero-order valence-electron chi connectivity index (χ0n) is 10.6. The molecule has 3 saturated carbocycles. The maximum absolute atomic E-state index is 11.3. The first kappa shape index (κ1) is 11.5. The lowest BCUT2D eigenvalue weighted by Crippen LogP contribution is -2.40. The van der Waals surface area contributed by atoms with Gasteiger partial charge in [-0.2, -0.15) is 5.10 Å². The molecule has 3 aliphatic rings. The van der Waals surface area contributed by atoms with Gasteiger partial charge in [0, 0.05) is 7.05 Å². The second-order valence-electron chi connectivity index (χ2n) is 6.45. The summed E-state index contributed by atoms with van der Waals surface area (Å²) in [5, 5.41) is 15.5. The minimum Gasteiger partial charge on any atom is -0.383 e. The Labute approximate surface area is 116 Å². The SMILES string of the molecule is Cn1ncc(Br)c1C1(O)CC2CC1C1CCCC21. The van der Waals surface area contributed by atoms with Crippen LogP contribution in [0.25, 0.3) is 0 Å². The van der Waals surface area contributed by atoms with Crippen LogP contribution in [0.4, 0.5) is 0 Å². The molecule has 2 bridgehead atoms. The zero-order chi connectivity index (χ0) is 12.5. The minimum atomic E-state index is -0.639. The standard InChI is InChI=1S/C14H19BrN2O/c1-17-13(12(15)7-16-17)14(18)6-8-5-11(14)10-4-2-3-9(8)10/h7-11,18H,2-6H2,1H3. The van der Waals surface area contributed by atoms with Crippen LogP contribution in [0, 0.1) is 23.7 Å². The number of hydrogen-bond acceptors (Lipinski definition) is 2. The van der Waals surface area contributed by atoms with E-state index in [1.807, 2.05) is 17.9 Å². The van der Waals surface area contributed by atoms with Gasteiger partial charge in [0.05, 0.1) is 16.4 Å². The normalized spacial score (nSPS) is 45.7. The summed E-state index contributed by atoms with van der Waals surface area (Å²) in [6.07, 6.45) is 8.06. The van der Waals surface area contributed by atoms with Gasteiger partial charge in [0.25, 0.3) is 0 Å². The number of hydrogen-bond donors (Lipinski definition) is 1. The van der Waals surface area contributed by atoms with Crippen molar-refractivity contribution in [3.63, 3.8) is 0 Å². The van der Waals surface area contributed by atoms with E-state index in [1.165, 1.54) is 25.7 Å². The van der Waals surface area contributed by atoms with Crippen LogP contribution in [0.2, 0.25) is 0 Å². The average molecular weight is 311 g/mol. The fourth-order valence-corrected chi connectivity index (χ4v) is 5.97. The van der Waals surface area contributed by atoms with Crippen molar-refractivity contribution < 1.29 is 5.11 Å². The highest BCUT2D eigenvalue weighted by Crippen LogP contribution is 2.65. The summed E-state index contributed by atoms with van der Waals surface area (Å²) in [4.78, 5) is 0. The number of halogens is 1. The Morgan fingerprint density at radius 3 is 2.94 bits per heavy atom. The van der Waals surface area contributed by atoms with Crippen LogP contribution in [0.5, 0.6) is 0 Å². The smallest absolute Gasteiger partial charge is 0.111 e. The number of aryl methyl sites for hydroxylation is 1. The van der Waals surface area contributed by atoms with Gasteiger partial charge in [-0.25, -0.2) is 0 Å². The molecule has 0 spiro atoms. The van der Waals surface area contributed by atoms with Gasteiger partial charge in [0.15, 0.2) is 0 Å². The van der Waals surface area contributed by atoms with Crippen LogP contribution in [0.15, 0.2) is 10.7 Å². The first-order valence-electron chi connectivity index (χ1n) is 7.01. The molecule has 5 atom stereocenters. The highest BCUT2D eigenvalue weighted by molar-refractivity contribution is 9.10. The molecule has 3 nitrogen and oxygen atoms in total. The molecule has 5 unspecified atom stereocenters. The fourth-order valence-electron chi connectivity index (χ4n) is 5.28. The molecule has 4 rings (SSSR count). The van der Waals surface area contributed by atoms with E-state index in [2.05, 4.69) is 21.0 Å². The van der Waals surface area contributed by atoms with Gasteiger partial charge in [-0.3, -0.25) is 4.68 Å². The Bertz CT molecular complexity index is 480. The van der Waals surface area contributed by atoms with Crippen LogP contribution in [-0.2, 0) is 12.6 Å². The lowest BCUT2D eigenvalue weighted by atomic mass is 9.71. The molecular weight excluding hydrogens is 292 g/mol. The molecule has 18 heavy (non-hydrogen) atoms. The van der Waals surface area contributed by atoms with Crippen molar-refractivity contribution in [2.45, 2.75) is 37.7 Å². The Kier molecular flexibility index (Phi) is 2.30. The van der Waals surface area contributed by atoms with Crippen molar-refractivity contribution >= 4 is 15.9 Å². The largest absolute Gasteiger partial charge is 0.383 e. The van der Waals surface area contributed by atoms with Crippen molar-refractivity contribution in [3.8, 4) is 0 Å². The van der Waals surface area contributed by atoms with Crippen LogP contribution < -0.4 is 0 Å². The molecule has 3 fully saturated rings. The Balaban J connectivity index is 1.78. The number of aliphatic hydroxyl groups is 1. The van der Waals surface area contributed by atoms with E-state index in [1.54, 1.807) is 0 Å². The maximum atomic E-state index is 11.3. The van der Waals surface area contributed by atoms with E-state index in [0.717, 1.165) is 34.3 Å². The summed E-state index contributed by atoms with van der Waals surface area (Å²) >= 11 is 3.56. The van der Waals surface area contributed by atoms with Crippen molar-refractivity contribution in [1.82, 2.24) is 9.78 Å². The second-order valence-corrected chi connectivity index (χ2v) is 7.31. The molecule has 1 heterocycles. The van der Waals surface area contributed by atoms with Crippen LogP contribution in [-0.4, -0.2) is 14.9 Å². The molecule has 4 heteroatoms. The molecular formula is C14H19BrN2O. The van der Waals surface area contributed by atoms with Crippen LogP contribution in [0.3, 0.4) is 0 Å². The first-order valence-corrected chi connectivity index (χ1v) is 7.81. The molecule has 0 aromatic carbocycles. The van der Waals surface area contributed by atoms with Gasteiger partial charge in [0.2, 0.25) is 0 Å². The van der Waals surface area contributed by atoms with Crippen LogP contribution in [0.1, 0.15) is 37.8 Å². The summed E-state index contributed by atoms with van der Waals surface area (Å²) in [7, 11) is 1.94. The van der Waals surface area contributed by atoms with Gasteiger partial charge in [0.1, 0.15) is 5.60 Å². The topological polar surface area (TPSA) is 38.0 Å². The van der Waals surface area contributed by atoms with Gasteiger partial charge in [-0.1, -0.05) is 6.42 Å². The summed E-state index contributed by atoms with van der Waals surface area (Å²) < 4.78 is 2.82. The molecule has 1 aromatic heterocycles. The number of fused-ring (bicyclic) bond motifs is 5. The van der Waals surface area contributed by atoms with E-state index in [-0.39, 0.29) is 0 Å². The minimum absolute atomic E-state index is 0.460. The molecule has 0 amide bonds. The molecule has 0 aliphatic heterocycles. The Morgan fingerprint density at radius 1 is 1.44 bits per heavy atom. The summed E-state index contributed by atoms with van der Waals surface area (Å²) in [5.74, 6) is 2.87. The van der Waals surface area contributed by atoms with Gasteiger partial charge >= 0.3 is 0 Å². The lowest BCUT2D eigenvalue weighted by molar-refractivity contribution is -0.0578. The monoisotopic (exact) mass is 310 g/mol. The summed E-state index contributed by atoms with van der Waals surface area (Å²) in [6, 6.07) is 0. The predicted molar refractivity (Wildman–Crippen MR) is 71.8 cm³/mol. The zero-order valence-corrected chi connectivity index (χ0v) is 12.2. The highest BCUT2D eigenvalue weighted by Gasteiger charge is 2.62. The van der Waals surface area contributed by atoms with Crippen molar-refractivity contribution in [2.24, 2.45) is 30.7 Å². The number of rotatable bonds is 1. The van der Waals surface area contributed by atoms with Crippen molar-refractivity contribution in [3.05, 3.63) is 16.4 Å². The molecule has 98 valence electrons. The number of aromatic nitrogens is 2. The number of nitrogens with zero attached hydrogens (tertiary/aromatic N) is 2. The van der Waals surface area contributed by atoms with E-state index in [9.17, 15) is 5.11 Å². The van der Waals surface area contributed by atoms with Gasteiger partial charge in [-0.15, -0.1) is 0 Å². The predicted octanol–water partition coefficient (Wildman–Crippen LogP) is 2.83. The lowest BCUT2D eigenvalue weighted by Gasteiger charge is -2.39. The quantitative estimate of drug-likeness (QED) is 0.866. The second kappa shape index (κ2) is 3.60. The summed E-state index contributed by atoms with van der Waals surface area (Å²) in [5.41, 5.74) is 0.362. The third-order valence-corrected chi connectivity index (χ3v) is 6.38. The van der Waals surface area contributed by atoms with E-state index < -0.39 is 5.60 Å². The third kappa shape index (κ3) is 1.26. The Hall–Kier alpha value is -0.350. The molecule has 1 aromatic rings. The van der Waals surface area contributed by atoms with Crippen LogP contribution >= 0.6 is 15.9 Å². The molecule has 3 aliphatic carbocycles. The van der Waals surface area contributed by atoms with E-state index in [0.29, 0.717) is 5.92 Å². The van der Waals surface area contributed by atoms with E-state index in [4.69, 9.17) is 0 Å². The van der Waals surface area contributed by atoms with Crippen molar-refractivity contribution in [2.75, 3.05) is 0 Å². The average Bonchev–Trinajstić information content (AvgIpc) is 2.99. The van der Waals surface area contributed by atoms with Gasteiger partial charge < -0.3 is 5.11 Å². The maximum Gasteiger partial charge on any atom is 0.111 e. The Morgan fingerprint density at radius 2 is 2.22 bits per heavy atom. The van der Waals surface area contributed by atoms with Crippen molar-refractivity contribution in [1.29, 1.82) is 0 Å².